The lowest BCUT2D eigenvalue weighted by Crippen LogP contribution is -2.21. The zero-order valence-electron chi connectivity index (χ0n) is 8.58. The van der Waals surface area contributed by atoms with Gasteiger partial charge in [-0.2, -0.15) is 0 Å². The van der Waals surface area contributed by atoms with Gasteiger partial charge in [0.2, 0.25) is 0 Å². The number of benzene rings is 1. The van der Waals surface area contributed by atoms with E-state index in [0.29, 0.717) is 5.75 Å². The summed E-state index contributed by atoms with van der Waals surface area (Å²) in [6.07, 6.45) is 0. The molecule has 0 bridgehead atoms. The molecule has 2 N–H and O–H groups in total. The van der Waals surface area contributed by atoms with Crippen molar-refractivity contribution < 1.29 is 19.0 Å². The molecule has 1 unspecified atom stereocenters. The first-order chi connectivity index (χ1) is 6.99. The Kier molecular flexibility index (Phi) is 4.29. The van der Waals surface area contributed by atoms with Gasteiger partial charge in [0, 0.05) is 6.04 Å². The van der Waals surface area contributed by atoms with Gasteiger partial charge >= 0.3 is 7.75 Å². The third kappa shape index (κ3) is 4.95. The van der Waals surface area contributed by atoms with Crippen LogP contribution in [0.4, 0.5) is 0 Å². The maximum atomic E-state index is 11.3. The van der Waals surface area contributed by atoms with Crippen molar-refractivity contribution >= 4 is 7.75 Å². The molecule has 6 heteroatoms. The van der Waals surface area contributed by atoms with Gasteiger partial charge in [-0.05, 0) is 26.0 Å². The van der Waals surface area contributed by atoms with Crippen molar-refractivity contribution in [1.29, 1.82) is 0 Å². The van der Waals surface area contributed by atoms with E-state index in [-0.39, 0.29) is 6.04 Å². The van der Waals surface area contributed by atoms with Crippen molar-refractivity contribution in [3.05, 3.63) is 30.3 Å². The summed E-state index contributed by atoms with van der Waals surface area (Å²) >= 11 is 0. The molecule has 0 amide bonds. The van der Waals surface area contributed by atoms with E-state index < -0.39 is 7.75 Å². The molecule has 1 aromatic rings. The highest BCUT2D eigenvalue weighted by Gasteiger charge is 2.22. The summed E-state index contributed by atoms with van der Waals surface area (Å²) < 4.78 is 15.7. The minimum atomic E-state index is -3.89. The maximum Gasteiger partial charge on any atom is 0.439 e. The predicted octanol–water partition coefficient (Wildman–Crippen LogP) is 2.10. The van der Waals surface area contributed by atoms with Gasteiger partial charge in [-0.15, -0.1) is 0 Å². The second-order valence-corrected chi connectivity index (χ2v) is 4.72. The summed E-state index contributed by atoms with van der Waals surface area (Å²) in [5, 5.41) is 2.35. The number of hydrogen-bond donors (Lipinski definition) is 2. The van der Waals surface area contributed by atoms with Gasteiger partial charge < -0.3 is 9.78 Å². The summed E-state index contributed by atoms with van der Waals surface area (Å²) in [4.78, 5) is 13.9. The Morgan fingerprint density at radius 2 is 1.93 bits per heavy atom. The fraction of sp³-hybridized carbons (Fsp3) is 0.333. The van der Waals surface area contributed by atoms with Crippen molar-refractivity contribution in [2.45, 2.75) is 19.9 Å². The van der Waals surface area contributed by atoms with E-state index in [1.54, 1.807) is 44.2 Å². The number of para-hydroxylation sites is 1. The van der Waals surface area contributed by atoms with Crippen LogP contribution >= 0.6 is 7.75 Å². The van der Waals surface area contributed by atoms with Gasteiger partial charge in [0.25, 0.3) is 0 Å². The second kappa shape index (κ2) is 5.28. The molecule has 15 heavy (non-hydrogen) atoms. The van der Waals surface area contributed by atoms with Crippen LogP contribution in [0.2, 0.25) is 0 Å². The fourth-order valence-electron chi connectivity index (χ4n) is 0.917. The number of rotatable bonds is 5. The molecule has 0 saturated carbocycles. The molecule has 0 aromatic heterocycles. The molecule has 5 nitrogen and oxygen atoms in total. The Labute approximate surface area is 88.5 Å². The first-order valence-electron chi connectivity index (χ1n) is 4.51. The van der Waals surface area contributed by atoms with Gasteiger partial charge in [-0.3, -0.25) is 0 Å². The lowest BCUT2D eigenvalue weighted by molar-refractivity contribution is -0.111. The zero-order chi connectivity index (χ0) is 11.3. The van der Waals surface area contributed by atoms with Crippen LogP contribution in [0, 0.1) is 0 Å². The van der Waals surface area contributed by atoms with Crippen molar-refractivity contribution in [3.8, 4) is 5.75 Å². The van der Waals surface area contributed by atoms with E-state index >= 15 is 0 Å². The molecular weight excluding hydrogens is 217 g/mol. The summed E-state index contributed by atoms with van der Waals surface area (Å²) in [7, 11) is -3.89. The first kappa shape index (κ1) is 12.2. The zero-order valence-corrected chi connectivity index (χ0v) is 9.48. The summed E-state index contributed by atoms with van der Waals surface area (Å²) in [6, 6.07) is 8.34. The van der Waals surface area contributed by atoms with Crippen LogP contribution in [-0.4, -0.2) is 10.9 Å². The Bertz CT molecular complexity index is 341. The highest BCUT2D eigenvalue weighted by atomic mass is 31.2. The topological polar surface area (TPSA) is 67.8 Å². The summed E-state index contributed by atoms with van der Waals surface area (Å²) in [5.41, 5.74) is 0. The van der Waals surface area contributed by atoms with Crippen molar-refractivity contribution in [2.24, 2.45) is 0 Å². The highest BCUT2D eigenvalue weighted by Crippen LogP contribution is 2.37. The SMILES string of the molecule is CC(C)NP(=O)(O)OOc1ccccc1. The van der Waals surface area contributed by atoms with Crippen LogP contribution < -0.4 is 9.97 Å². The van der Waals surface area contributed by atoms with Crippen LogP contribution in [0.3, 0.4) is 0 Å². The standard InChI is InChI=1S/C9H14NO4P/c1-8(2)10-15(11,12)14-13-9-6-4-3-5-7-9/h3-8H,1-2H3,(H2,10,11,12). The van der Waals surface area contributed by atoms with Gasteiger partial charge in [-0.1, -0.05) is 22.9 Å². The van der Waals surface area contributed by atoms with Crippen molar-refractivity contribution in [1.82, 2.24) is 5.09 Å². The normalized spacial score (nSPS) is 14.9. The van der Waals surface area contributed by atoms with E-state index in [2.05, 4.69) is 9.76 Å². The van der Waals surface area contributed by atoms with E-state index in [9.17, 15) is 9.46 Å². The van der Waals surface area contributed by atoms with Gasteiger partial charge in [-0.25, -0.2) is 9.65 Å². The molecule has 0 aliphatic heterocycles. The monoisotopic (exact) mass is 231 g/mol. The van der Waals surface area contributed by atoms with Crippen LogP contribution in [0.5, 0.6) is 5.75 Å². The van der Waals surface area contributed by atoms with Crippen molar-refractivity contribution in [3.63, 3.8) is 0 Å². The molecule has 0 radical (unpaired) electrons. The van der Waals surface area contributed by atoms with E-state index in [1.165, 1.54) is 0 Å². The Hall–Kier alpha value is -0.870. The molecule has 1 atom stereocenters. The highest BCUT2D eigenvalue weighted by molar-refractivity contribution is 7.50. The Morgan fingerprint density at radius 3 is 2.47 bits per heavy atom. The first-order valence-corrected chi connectivity index (χ1v) is 6.09. The molecule has 1 aromatic carbocycles. The molecule has 0 heterocycles. The third-order valence-corrected chi connectivity index (χ3v) is 2.52. The molecule has 0 saturated heterocycles. The quantitative estimate of drug-likeness (QED) is 0.461. The molecule has 0 spiro atoms. The number of nitrogens with one attached hydrogen (secondary N) is 1. The number of hydrogen-bond acceptors (Lipinski definition) is 3. The van der Waals surface area contributed by atoms with Crippen LogP contribution in [0.25, 0.3) is 0 Å². The minimum absolute atomic E-state index is 0.166. The summed E-state index contributed by atoms with van der Waals surface area (Å²) in [5.74, 6) is 0.373. The maximum absolute atomic E-state index is 11.3. The smallest absolute Gasteiger partial charge is 0.328 e. The van der Waals surface area contributed by atoms with Crippen LogP contribution in [0.15, 0.2) is 30.3 Å². The fourth-order valence-corrected chi connectivity index (χ4v) is 1.80. The minimum Gasteiger partial charge on any atom is -0.328 e. The van der Waals surface area contributed by atoms with E-state index in [4.69, 9.17) is 4.89 Å². The van der Waals surface area contributed by atoms with Gasteiger partial charge in [0.1, 0.15) is 0 Å². The second-order valence-electron chi connectivity index (χ2n) is 3.28. The van der Waals surface area contributed by atoms with Gasteiger partial charge in [0.15, 0.2) is 5.75 Å². The molecule has 84 valence electrons. The van der Waals surface area contributed by atoms with E-state index in [1.807, 2.05) is 0 Å². The van der Waals surface area contributed by atoms with Crippen LogP contribution in [-0.2, 0) is 9.24 Å². The van der Waals surface area contributed by atoms with Crippen molar-refractivity contribution in [2.75, 3.05) is 0 Å². The Balaban J connectivity index is 2.46. The molecule has 0 fully saturated rings. The molecule has 0 aliphatic carbocycles. The lowest BCUT2D eigenvalue weighted by atomic mass is 10.3. The average Bonchev–Trinajstić information content (AvgIpc) is 2.15. The van der Waals surface area contributed by atoms with Crippen LogP contribution in [0.1, 0.15) is 13.8 Å². The van der Waals surface area contributed by atoms with E-state index in [0.717, 1.165) is 0 Å². The largest absolute Gasteiger partial charge is 0.439 e. The Morgan fingerprint density at radius 1 is 1.33 bits per heavy atom. The lowest BCUT2D eigenvalue weighted by Gasteiger charge is -2.14. The molecular formula is C9H14NO4P. The predicted molar refractivity (Wildman–Crippen MR) is 56.3 cm³/mol. The molecule has 0 aliphatic rings. The van der Waals surface area contributed by atoms with Gasteiger partial charge in [0.05, 0.1) is 0 Å². The summed E-state index contributed by atoms with van der Waals surface area (Å²) in [6.45, 7) is 3.46. The third-order valence-electron chi connectivity index (χ3n) is 1.40. The molecule has 1 rings (SSSR count). The average molecular weight is 231 g/mol.